The van der Waals surface area contributed by atoms with Crippen LogP contribution in [0.3, 0.4) is 0 Å². The number of likely N-dealkylation sites (N-methyl/N-ethyl adjacent to an activating group) is 1. The molecule has 41 heavy (non-hydrogen) atoms. The van der Waals surface area contributed by atoms with Crippen molar-refractivity contribution in [3.05, 3.63) is 74.7 Å². The summed E-state index contributed by atoms with van der Waals surface area (Å²) < 4.78 is 30.9. The number of rotatable bonds is 6. The molecule has 1 aromatic carbocycles. The zero-order valence-electron chi connectivity index (χ0n) is 22.3. The van der Waals surface area contributed by atoms with E-state index in [2.05, 4.69) is 20.1 Å². The molecule has 10 nitrogen and oxygen atoms in total. The van der Waals surface area contributed by atoms with Crippen LogP contribution in [0, 0.1) is 0 Å². The molecular formula is C27H26Cl2F2N6O4. The number of hydrogen-bond donors (Lipinski definition) is 1. The molecule has 0 radical (unpaired) electrons. The van der Waals surface area contributed by atoms with E-state index in [1.165, 1.54) is 41.0 Å². The molecular weight excluding hydrogens is 581 g/mol. The van der Waals surface area contributed by atoms with E-state index in [4.69, 9.17) is 23.2 Å². The molecule has 2 aromatic heterocycles. The molecule has 1 unspecified atom stereocenters. The highest BCUT2D eigenvalue weighted by Crippen LogP contribution is 2.36. The van der Waals surface area contributed by atoms with Crippen LogP contribution in [-0.2, 0) is 17.8 Å². The largest absolute Gasteiger partial charge is 0.417 e. The van der Waals surface area contributed by atoms with Crippen molar-refractivity contribution < 1.29 is 27.9 Å². The maximum absolute atomic E-state index is 14.0. The molecule has 4 heterocycles. The number of pyridine rings is 1. The predicted molar refractivity (Wildman–Crippen MR) is 145 cm³/mol. The van der Waals surface area contributed by atoms with Crippen LogP contribution >= 0.6 is 23.2 Å². The lowest BCUT2D eigenvalue weighted by molar-refractivity contribution is -0.125. The van der Waals surface area contributed by atoms with Gasteiger partial charge in [-0.05, 0) is 37.6 Å². The Morgan fingerprint density at radius 1 is 1.17 bits per heavy atom. The zero-order valence-corrected chi connectivity index (χ0v) is 23.8. The van der Waals surface area contributed by atoms with Crippen LogP contribution in [0.1, 0.15) is 63.6 Å². The number of nitrogens with zero attached hydrogens (tertiary/aromatic N) is 5. The number of alkyl halides is 2. The van der Waals surface area contributed by atoms with Gasteiger partial charge in [0.2, 0.25) is 11.8 Å². The van der Waals surface area contributed by atoms with Crippen molar-refractivity contribution >= 4 is 40.9 Å². The van der Waals surface area contributed by atoms with Crippen molar-refractivity contribution in [1.82, 2.24) is 29.9 Å². The second kappa shape index (κ2) is 11.2. The molecule has 3 atom stereocenters. The van der Waals surface area contributed by atoms with E-state index in [-0.39, 0.29) is 53.4 Å². The Morgan fingerprint density at radius 3 is 2.56 bits per heavy atom. The van der Waals surface area contributed by atoms with E-state index in [0.29, 0.717) is 33.8 Å². The smallest absolute Gasteiger partial charge is 0.388 e. The van der Waals surface area contributed by atoms with Gasteiger partial charge in [-0.3, -0.25) is 14.4 Å². The summed E-state index contributed by atoms with van der Waals surface area (Å²) in [6.45, 7) is 0.742. The maximum Gasteiger partial charge on any atom is 0.388 e. The highest BCUT2D eigenvalue weighted by Gasteiger charge is 2.43. The van der Waals surface area contributed by atoms with Gasteiger partial charge in [0.25, 0.3) is 11.8 Å². The molecule has 0 fully saturated rings. The SMILES string of the molecule is CNC(=O)[C@@H]1CN(C(C)c2ccc(OC(F)F)nc2)C(=O)c2c3c(nn21)C[C@@H](C)N(C(=O)c1ccc(Cl)c(Cl)c1)C3. The molecule has 3 aromatic rings. The first-order valence-electron chi connectivity index (χ1n) is 12.8. The summed E-state index contributed by atoms with van der Waals surface area (Å²) in [5, 5.41) is 7.89. The summed E-state index contributed by atoms with van der Waals surface area (Å²) in [5.41, 5.74) is 2.33. The highest BCUT2D eigenvalue weighted by atomic mass is 35.5. The van der Waals surface area contributed by atoms with Crippen molar-refractivity contribution in [3.8, 4) is 5.88 Å². The van der Waals surface area contributed by atoms with Crippen LogP contribution in [0.25, 0.3) is 0 Å². The first-order valence-corrected chi connectivity index (χ1v) is 13.5. The molecule has 0 saturated carbocycles. The molecule has 216 valence electrons. The number of amides is 3. The van der Waals surface area contributed by atoms with Gasteiger partial charge in [-0.2, -0.15) is 13.9 Å². The van der Waals surface area contributed by atoms with Crippen LogP contribution in [0.15, 0.2) is 36.5 Å². The van der Waals surface area contributed by atoms with E-state index >= 15 is 0 Å². The second-order valence-electron chi connectivity index (χ2n) is 9.91. The van der Waals surface area contributed by atoms with E-state index in [1.54, 1.807) is 24.0 Å². The summed E-state index contributed by atoms with van der Waals surface area (Å²) >= 11 is 12.2. The number of halogens is 4. The Bertz CT molecular complexity index is 1520. The van der Waals surface area contributed by atoms with Gasteiger partial charge in [0.05, 0.1) is 34.9 Å². The third-order valence-corrected chi connectivity index (χ3v) is 8.20. The summed E-state index contributed by atoms with van der Waals surface area (Å²) in [6, 6.07) is 5.84. The van der Waals surface area contributed by atoms with Crippen LogP contribution in [0.4, 0.5) is 8.78 Å². The quantitative estimate of drug-likeness (QED) is 0.448. The standard InChI is InChI=1S/C27H26Cl2F2N6O4/c1-13-8-20-17(11-35(13)25(39)15-4-6-18(28)19(29)9-15)23-26(40)36(12-21(24(38)32-3)37(23)34-20)14(2)16-5-7-22(33-10-16)41-27(30)31/h4-7,9-10,13-14,21,27H,8,11-12H2,1-3H3,(H,32,38)/t13-,14?,21+/m1/s1. The van der Waals surface area contributed by atoms with Gasteiger partial charge in [-0.25, -0.2) is 9.67 Å². The Labute approximate surface area is 244 Å². The lowest BCUT2D eigenvalue weighted by atomic mass is 9.96. The van der Waals surface area contributed by atoms with Gasteiger partial charge < -0.3 is 19.9 Å². The van der Waals surface area contributed by atoms with Crippen LogP contribution < -0.4 is 10.1 Å². The highest BCUT2D eigenvalue weighted by molar-refractivity contribution is 6.42. The van der Waals surface area contributed by atoms with Gasteiger partial charge in [0, 0.05) is 42.9 Å². The molecule has 5 rings (SSSR count). The summed E-state index contributed by atoms with van der Waals surface area (Å²) in [6.07, 6.45) is 1.73. The normalized spacial score (nSPS) is 19.1. The lowest BCUT2D eigenvalue weighted by Gasteiger charge is -2.37. The fourth-order valence-corrected chi connectivity index (χ4v) is 5.54. The monoisotopic (exact) mass is 606 g/mol. The number of fused-ring (bicyclic) bond motifs is 3. The number of benzene rings is 1. The molecule has 2 aliphatic heterocycles. The Morgan fingerprint density at radius 2 is 1.93 bits per heavy atom. The Hall–Kier alpha value is -3.77. The van der Waals surface area contributed by atoms with E-state index in [9.17, 15) is 23.2 Å². The third-order valence-electron chi connectivity index (χ3n) is 7.46. The van der Waals surface area contributed by atoms with E-state index in [0.717, 1.165) is 0 Å². The average molecular weight is 607 g/mol. The molecule has 2 aliphatic rings. The van der Waals surface area contributed by atoms with Gasteiger partial charge in [0.15, 0.2) is 0 Å². The molecule has 0 bridgehead atoms. The number of nitrogens with one attached hydrogen (secondary N) is 1. The number of ether oxygens (including phenoxy) is 1. The molecule has 0 aliphatic carbocycles. The second-order valence-corrected chi connectivity index (χ2v) is 10.7. The van der Waals surface area contributed by atoms with Crippen molar-refractivity contribution in [1.29, 1.82) is 0 Å². The number of aromatic nitrogens is 3. The van der Waals surface area contributed by atoms with E-state index < -0.39 is 18.7 Å². The molecule has 0 saturated heterocycles. The van der Waals surface area contributed by atoms with Crippen LogP contribution in [-0.4, -0.2) is 68.5 Å². The van der Waals surface area contributed by atoms with Crippen LogP contribution in [0.2, 0.25) is 10.0 Å². The first-order chi connectivity index (χ1) is 19.5. The fourth-order valence-electron chi connectivity index (χ4n) is 5.24. The number of hydrogen-bond acceptors (Lipinski definition) is 6. The predicted octanol–water partition coefficient (Wildman–Crippen LogP) is 4.28. The van der Waals surface area contributed by atoms with Gasteiger partial charge in [-0.15, -0.1) is 0 Å². The summed E-state index contributed by atoms with van der Waals surface area (Å²) in [5.74, 6) is -1.26. The average Bonchev–Trinajstić information content (AvgIpc) is 3.31. The Balaban J connectivity index is 1.50. The van der Waals surface area contributed by atoms with E-state index in [1.807, 2.05) is 6.92 Å². The van der Waals surface area contributed by atoms with Gasteiger partial charge in [-0.1, -0.05) is 29.3 Å². The topological polar surface area (TPSA) is 110 Å². The summed E-state index contributed by atoms with van der Waals surface area (Å²) in [7, 11) is 1.50. The molecule has 14 heteroatoms. The zero-order chi connectivity index (χ0) is 29.6. The fraction of sp³-hybridized carbons (Fsp3) is 0.370. The van der Waals surface area contributed by atoms with Crippen molar-refractivity contribution in [2.45, 2.75) is 51.6 Å². The minimum atomic E-state index is -3.01. The lowest BCUT2D eigenvalue weighted by Crippen LogP contribution is -2.49. The van der Waals surface area contributed by atoms with Crippen molar-refractivity contribution in [2.75, 3.05) is 13.6 Å². The third kappa shape index (κ3) is 5.33. The summed E-state index contributed by atoms with van der Waals surface area (Å²) in [4.78, 5) is 47.6. The Kier molecular flexibility index (Phi) is 7.89. The molecule has 1 N–H and O–H groups in total. The van der Waals surface area contributed by atoms with Gasteiger partial charge in [0.1, 0.15) is 11.7 Å². The number of carbonyl (C=O) groups is 3. The number of carbonyl (C=O) groups excluding carboxylic acids is 3. The van der Waals surface area contributed by atoms with Gasteiger partial charge >= 0.3 is 6.61 Å². The minimum Gasteiger partial charge on any atom is -0.417 e. The molecule has 0 spiro atoms. The van der Waals surface area contributed by atoms with Crippen molar-refractivity contribution in [3.63, 3.8) is 0 Å². The van der Waals surface area contributed by atoms with Crippen LogP contribution in [0.5, 0.6) is 5.88 Å². The van der Waals surface area contributed by atoms with Crippen molar-refractivity contribution in [2.24, 2.45) is 0 Å². The molecule has 3 amide bonds. The first kappa shape index (κ1) is 28.7. The minimum absolute atomic E-state index is 0.0178. The maximum atomic E-state index is 14.0.